The number of aromatic nitrogens is 1. The molecule has 0 radical (unpaired) electrons. The van der Waals surface area contributed by atoms with E-state index in [0.29, 0.717) is 0 Å². The highest BCUT2D eigenvalue weighted by Crippen LogP contribution is 2.31. The number of alkyl carbamates (subject to hydrolysis) is 1. The minimum absolute atomic E-state index is 0.183. The van der Waals surface area contributed by atoms with Crippen molar-refractivity contribution in [1.82, 2.24) is 10.3 Å². The second-order valence-corrected chi connectivity index (χ2v) is 5.10. The van der Waals surface area contributed by atoms with Crippen molar-refractivity contribution < 1.29 is 22.7 Å². The molecule has 0 aliphatic rings. The maximum absolute atomic E-state index is 12.8. The van der Waals surface area contributed by atoms with Crippen molar-refractivity contribution in [3.63, 3.8) is 0 Å². The lowest BCUT2D eigenvalue weighted by molar-refractivity contribution is -0.141. The van der Waals surface area contributed by atoms with Gasteiger partial charge in [-0.2, -0.15) is 13.2 Å². The van der Waals surface area contributed by atoms with Crippen molar-refractivity contribution in [3.05, 3.63) is 23.4 Å². The molecule has 1 aromatic heterocycles. The molecular weight excluding hydrogens is 275 g/mol. The number of carbonyl (C=O) groups excluding carboxylic acids is 1. The summed E-state index contributed by atoms with van der Waals surface area (Å²) < 4.78 is 43.2. The Morgan fingerprint density at radius 2 is 1.95 bits per heavy atom. The number of anilines is 1. The SMILES string of the molecule is CC(C)(C)OC(=O)NCc1ccc(N)nc1C(F)(F)F. The average Bonchev–Trinajstić information content (AvgIpc) is 2.23. The minimum Gasteiger partial charge on any atom is -0.444 e. The first-order valence-electron chi connectivity index (χ1n) is 5.78. The second-order valence-electron chi connectivity index (χ2n) is 5.10. The van der Waals surface area contributed by atoms with Gasteiger partial charge in [-0.25, -0.2) is 9.78 Å². The monoisotopic (exact) mass is 291 g/mol. The fourth-order valence-electron chi connectivity index (χ4n) is 1.37. The van der Waals surface area contributed by atoms with Gasteiger partial charge in [0.05, 0.1) is 0 Å². The van der Waals surface area contributed by atoms with Crippen molar-refractivity contribution in [2.45, 2.75) is 39.1 Å². The lowest BCUT2D eigenvalue weighted by Crippen LogP contribution is -2.32. The van der Waals surface area contributed by atoms with E-state index in [2.05, 4.69) is 10.3 Å². The highest BCUT2D eigenvalue weighted by molar-refractivity contribution is 5.67. The summed E-state index contributed by atoms with van der Waals surface area (Å²) >= 11 is 0. The van der Waals surface area contributed by atoms with Gasteiger partial charge >= 0.3 is 12.3 Å². The van der Waals surface area contributed by atoms with Crippen molar-refractivity contribution in [2.24, 2.45) is 0 Å². The molecule has 8 heteroatoms. The molecule has 0 aliphatic heterocycles. The number of amides is 1. The van der Waals surface area contributed by atoms with Crippen LogP contribution in [0.2, 0.25) is 0 Å². The number of nitrogens with two attached hydrogens (primary N) is 1. The van der Waals surface area contributed by atoms with Gasteiger partial charge in [0.25, 0.3) is 0 Å². The number of rotatable bonds is 2. The normalized spacial score (nSPS) is 12.1. The Bertz CT molecular complexity index is 496. The number of nitrogen functional groups attached to an aromatic ring is 1. The highest BCUT2D eigenvalue weighted by atomic mass is 19.4. The number of alkyl halides is 3. The van der Waals surface area contributed by atoms with Gasteiger partial charge in [0.1, 0.15) is 11.4 Å². The van der Waals surface area contributed by atoms with Crippen LogP contribution < -0.4 is 11.1 Å². The number of nitrogens with zero attached hydrogens (tertiary/aromatic N) is 1. The van der Waals surface area contributed by atoms with Gasteiger partial charge in [-0.3, -0.25) is 0 Å². The molecule has 1 amide bonds. The molecule has 1 rings (SSSR count). The largest absolute Gasteiger partial charge is 0.444 e. The fraction of sp³-hybridized carbons (Fsp3) is 0.500. The lowest BCUT2D eigenvalue weighted by atomic mass is 10.2. The summed E-state index contributed by atoms with van der Waals surface area (Å²) in [5, 5.41) is 2.25. The Morgan fingerprint density at radius 3 is 2.45 bits per heavy atom. The van der Waals surface area contributed by atoms with Gasteiger partial charge in [0.2, 0.25) is 0 Å². The number of pyridine rings is 1. The number of halogens is 3. The topological polar surface area (TPSA) is 77.2 Å². The second kappa shape index (κ2) is 5.56. The van der Waals surface area contributed by atoms with E-state index in [0.717, 1.165) is 0 Å². The molecule has 1 aromatic rings. The molecule has 1 heterocycles. The summed E-state index contributed by atoms with van der Waals surface area (Å²) in [7, 11) is 0. The van der Waals surface area contributed by atoms with Gasteiger partial charge in [-0.15, -0.1) is 0 Å². The Hall–Kier alpha value is -1.99. The molecule has 0 aliphatic carbocycles. The van der Waals surface area contributed by atoms with Gasteiger partial charge in [-0.05, 0) is 26.8 Å². The number of hydrogen-bond acceptors (Lipinski definition) is 4. The summed E-state index contributed by atoms with van der Waals surface area (Å²) in [5.41, 5.74) is 3.21. The van der Waals surface area contributed by atoms with Crippen molar-refractivity contribution in [3.8, 4) is 0 Å². The van der Waals surface area contributed by atoms with Crippen LogP contribution in [0, 0.1) is 0 Å². The van der Waals surface area contributed by atoms with Crippen molar-refractivity contribution >= 4 is 11.9 Å². The van der Waals surface area contributed by atoms with E-state index in [1.807, 2.05) is 0 Å². The quantitative estimate of drug-likeness (QED) is 0.878. The lowest BCUT2D eigenvalue weighted by Gasteiger charge is -2.20. The third-order valence-corrected chi connectivity index (χ3v) is 2.09. The van der Waals surface area contributed by atoms with Crippen LogP contribution in [-0.4, -0.2) is 16.7 Å². The zero-order valence-corrected chi connectivity index (χ0v) is 11.3. The van der Waals surface area contributed by atoms with E-state index < -0.39 is 23.6 Å². The van der Waals surface area contributed by atoms with Crippen molar-refractivity contribution in [1.29, 1.82) is 0 Å². The Labute approximate surface area is 114 Å². The summed E-state index contributed by atoms with van der Waals surface area (Å²) in [6.45, 7) is 4.60. The zero-order chi connectivity index (χ0) is 15.6. The number of ether oxygens (including phenoxy) is 1. The fourth-order valence-corrected chi connectivity index (χ4v) is 1.37. The first kappa shape index (κ1) is 16.1. The summed E-state index contributed by atoms with van der Waals surface area (Å²) in [4.78, 5) is 14.7. The molecule has 0 saturated heterocycles. The molecule has 112 valence electrons. The van der Waals surface area contributed by atoms with Gasteiger partial charge in [-0.1, -0.05) is 6.07 Å². The van der Waals surface area contributed by atoms with Crippen molar-refractivity contribution in [2.75, 3.05) is 5.73 Å². The van der Waals surface area contributed by atoms with Crippen LogP contribution >= 0.6 is 0 Å². The Morgan fingerprint density at radius 1 is 1.35 bits per heavy atom. The van der Waals surface area contributed by atoms with Crippen LogP contribution in [0.5, 0.6) is 0 Å². The summed E-state index contributed by atoms with van der Waals surface area (Å²) in [6, 6.07) is 2.41. The Kier molecular flexibility index (Phi) is 4.46. The summed E-state index contributed by atoms with van der Waals surface area (Å²) in [5.74, 6) is -0.238. The van der Waals surface area contributed by atoms with Crippen LogP contribution in [0.15, 0.2) is 12.1 Å². The summed E-state index contributed by atoms with van der Waals surface area (Å²) in [6.07, 6.45) is -5.44. The maximum atomic E-state index is 12.8. The standard InChI is InChI=1S/C12H16F3N3O2/c1-11(2,3)20-10(19)17-6-7-4-5-8(16)18-9(7)12(13,14)15/h4-5H,6H2,1-3H3,(H2,16,18)(H,17,19). The van der Waals surface area contributed by atoms with Gasteiger partial charge in [0, 0.05) is 12.1 Å². The average molecular weight is 291 g/mol. The molecule has 5 nitrogen and oxygen atoms in total. The maximum Gasteiger partial charge on any atom is 0.433 e. The van der Waals surface area contributed by atoms with E-state index in [1.165, 1.54) is 12.1 Å². The van der Waals surface area contributed by atoms with Gasteiger partial charge in [0.15, 0.2) is 5.69 Å². The van der Waals surface area contributed by atoms with E-state index in [-0.39, 0.29) is 17.9 Å². The smallest absolute Gasteiger partial charge is 0.433 e. The van der Waals surface area contributed by atoms with Crippen LogP contribution in [0.1, 0.15) is 32.0 Å². The van der Waals surface area contributed by atoms with E-state index in [9.17, 15) is 18.0 Å². The van der Waals surface area contributed by atoms with Crippen LogP contribution in [-0.2, 0) is 17.5 Å². The molecule has 20 heavy (non-hydrogen) atoms. The molecular formula is C12H16F3N3O2. The first-order chi connectivity index (χ1) is 8.99. The van der Waals surface area contributed by atoms with Crippen LogP contribution in [0.4, 0.5) is 23.8 Å². The molecule has 0 bridgehead atoms. The first-order valence-corrected chi connectivity index (χ1v) is 5.78. The predicted octanol–water partition coefficient (Wildman–Crippen LogP) is 2.71. The predicted molar refractivity (Wildman–Crippen MR) is 66.7 cm³/mol. The number of hydrogen-bond donors (Lipinski definition) is 2. The third kappa shape index (κ3) is 4.94. The van der Waals surface area contributed by atoms with Gasteiger partial charge < -0.3 is 15.8 Å². The molecule has 0 spiro atoms. The molecule has 0 saturated carbocycles. The molecule has 0 aromatic carbocycles. The van der Waals surface area contributed by atoms with E-state index >= 15 is 0 Å². The number of nitrogens with one attached hydrogen (secondary N) is 1. The molecule has 0 atom stereocenters. The third-order valence-electron chi connectivity index (χ3n) is 2.09. The van der Waals surface area contributed by atoms with E-state index in [1.54, 1.807) is 20.8 Å². The molecule has 3 N–H and O–H groups in total. The Balaban J connectivity index is 2.81. The minimum atomic E-state index is -4.64. The molecule has 0 unspecified atom stereocenters. The molecule has 0 fully saturated rings. The zero-order valence-electron chi connectivity index (χ0n) is 11.3. The highest BCUT2D eigenvalue weighted by Gasteiger charge is 2.35. The van der Waals surface area contributed by atoms with Crippen LogP contribution in [0.25, 0.3) is 0 Å². The van der Waals surface area contributed by atoms with Crippen LogP contribution in [0.3, 0.4) is 0 Å². The van der Waals surface area contributed by atoms with E-state index in [4.69, 9.17) is 10.5 Å². The number of carbonyl (C=O) groups is 1.